The molecule has 1 atom stereocenters. The number of rotatable bonds is 5. The summed E-state index contributed by atoms with van der Waals surface area (Å²) in [5.74, 6) is -2.29. The van der Waals surface area contributed by atoms with E-state index in [1.165, 1.54) is 19.1 Å². The molecule has 1 aromatic rings. The second-order valence-corrected chi connectivity index (χ2v) is 4.69. The van der Waals surface area contributed by atoms with Crippen LogP contribution in [-0.2, 0) is 9.59 Å². The maximum Gasteiger partial charge on any atom is 0.327 e. The SMILES string of the molecule is CC(=O)NC(CSc1cccc(F)c1C#N)C(=O)O. The Hall–Kier alpha value is -2.07. The quantitative estimate of drug-likeness (QED) is 0.796. The molecule has 0 aliphatic rings. The predicted octanol–water partition coefficient (Wildman–Crippen LogP) is 1.38. The van der Waals surface area contributed by atoms with Crippen molar-refractivity contribution in [1.82, 2.24) is 5.32 Å². The van der Waals surface area contributed by atoms with Crippen LogP contribution in [0.1, 0.15) is 12.5 Å². The van der Waals surface area contributed by atoms with E-state index in [-0.39, 0.29) is 11.3 Å². The Morgan fingerprint density at radius 2 is 2.26 bits per heavy atom. The minimum atomic E-state index is -1.18. The molecule has 0 spiro atoms. The molecule has 0 heterocycles. The van der Waals surface area contributed by atoms with E-state index in [9.17, 15) is 14.0 Å². The van der Waals surface area contributed by atoms with E-state index in [0.717, 1.165) is 17.8 Å². The van der Waals surface area contributed by atoms with Crippen LogP contribution in [0.25, 0.3) is 0 Å². The number of carbonyl (C=O) groups excluding carboxylic acids is 1. The molecule has 2 N–H and O–H groups in total. The summed E-state index contributed by atoms with van der Waals surface area (Å²) in [5, 5.41) is 20.0. The first kappa shape index (κ1) is 15.0. The average Bonchev–Trinajstić information content (AvgIpc) is 2.33. The minimum Gasteiger partial charge on any atom is -0.480 e. The lowest BCUT2D eigenvalue weighted by molar-refractivity contribution is -0.140. The van der Waals surface area contributed by atoms with Crippen LogP contribution in [-0.4, -0.2) is 28.8 Å². The summed E-state index contributed by atoms with van der Waals surface area (Å²) in [7, 11) is 0. The number of carbonyl (C=O) groups is 2. The Balaban J connectivity index is 2.80. The molecule has 0 radical (unpaired) electrons. The van der Waals surface area contributed by atoms with Crippen molar-refractivity contribution in [3.05, 3.63) is 29.6 Å². The first-order chi connectivity index (χ1) is 8.95. The van der Waals surface area contributed by atoms with Gasteiger partial charge >= 0.3 is 5.97 Å². The Bertz CT molecular complexity index is 542. The lowest BCUT2D eigenvalue weighted by atomic mass is 10.2. The molecule has 7 heteroatoms. The molecule has 19 heavy (non-hydrogen) atoms. The van der Waals surface area contributed by atoms with E-state index in [1.807, 2.05) is 0 Å². The van der Waals surface area contributed by atoms with E-state index in [2.05, 4.69) is 5.32 Å². The zero-order valence-corrected chi connectivity index (χ0v) is 10.8. The van der Waals surface area contributed by atoms with Gasteiger partial charge in [-0.25, -0.2) is 9.18 Å². The van der Waals surface area contributed by atoms with Crippen LogP contribution < -0.4 is 5.32 Å². The molecule has 5 nitrogen and oxygen atoms in total. The maximum absolute atomic E-state index is 13.3. The number of amides is 1. The standard InChI is InChI=1S/C12H11FN2O3S/c1-7(16)15-10(12(17)18)6-19-11-4-2-3-9(13)8(11)5-14/h2-4,10H,6H2,1H3,(H,15,16)(H,17,18). The van der Waals surface area contributed by atoms with Crippen molar-refractivity contribution in [2.45, 2.75) is 17.9 Å². The van der Waals surface area contributed by atoms with Crippen LogP contribution in [0.5, 0.6) is 0 Å². The number of benzene rings is 1. The normalized spacial score (nSPS) is 11.4. The first-order valence-electron chi connectivity index (χ1n) is 5.27. The van der Waals surface area contributed by atoms with Crippen molar-refractivity contribution in [1.29, 1.82) is 5.26 Å². The fourth-order valence-electron chi connectivity index (χ4n) is 1.33. The molecule has 0 saturated heterocycles. The number of carboxylic acids is 1. The van der Waals surface area contributed by atoms with Gasteiger partial charge in [0.15, 0.2) is 0 Å². The van der Waals surface area contributed by atoms with Gasteiger partial charge in [0.2, 0.25) is 5.91 Å². The van der Waals surface area contributed by atoms with Gasteiger partial charge in [-0.2, -0.15) is 5.26 Å². The lowest BCUT2D eigenvalue weighted by Crippen LogP contribution is -2.41. The van der Waals surface area contributed by atoms with Crippen molar-refractivity contribution < 1.29 is 19.1 Å². The molecule has 1 aromatic carbocycles. The molecule has 0 aliphatic carbocycles. The summed E-state index contributed by atoms with van der Waals surface area (Å²) in [6, 6.07) is 4.76. The second-order valence-electron chi connectivity index (χ2n) is 3.63. The number of carboxylic acid groups (broad SMARTS) is 1. The molecule has 0 aliphatic heterocycles. The average molecular weight is 282 g/mol. The molecular formula is C12H11FN2O3S. The third-order valence-corrected chi connectivity index (χ3v) is 3.32. The van der Waals surface area contributed by atoms with Gasteiger partial charge in [-0.1, -0.05) is 6.07 Å². The Morgan fingerprint density at radius 3 is 2.79 bits per heavy atom. The summed E-state index contributed by atoms with van der Waals surface area (Å²) < 4.78 is 13.3. The highest BCUT2D eigenvalue weighted by atomic mass is 32.2. The number of aliphatic carboxylic acids is 1. The molecule has 0 saturated carbocycles. The molecule has 0 fully saturated rings. The van der Waals surface area contributed by atoms with Gasteiger partial charge in [0.05, 0.1) is 0 Å². The third-order valence-electron chi connectivity index (χ3n) is 2.17. The van der Waals surface area contributed by atoms with E-state index in [4.69, 9.17) is 10.4 Å². The van der Waals surface area contributed by atoms with Crippen LogP contribution >= 0.6 is 11.8 Å². The van der Waals surface area contributed by atoms with Crippen LogP contribution in [0.3, 0.4) is 0 Å². The summed E-state index contributed by atoms with van der Waals surface area (Å²) in [4.78, 5) is 22.1. The van der Waals surface area contributed by atoms with Gasteiger partial charge in [-0.15, -0.1) is 11.8 Å². The number of hydrogen-bond acceptors (Lipinski definition) is 4. The topological polar surface area (TPSA) is 90.2 Å². The second kappa shape index (κ2) is 6.75. The summed E-state index contributed by atoms with van der Waals surface area (Å²) in [5.41, 5.74) is -0.125. The van der Waals surface area contributed by atoms with Gasteiger partial charge < -0.3 is 10.4 Å². The number of thioether (sulfide) groups is 1. The number of halogens is 1. The maximum atomic E-state index is 13.3. The number of hydrogen-bond donors (Lipinski definition) is 2. The summed E-state index contributed by atoms with van der Waals surface area (Å²) in [6.07, 6.45) is 0. The molecular weight excluding hydrogens is 271 g/mol. The molecule has 0 aromatic heterocycles. The van der Waals surface area contributed by atoms with E-state index in [1.54, 1.807) is 6.07 Å². The Labute approximate surface area is 113 Å². The van der Waals surface area contributed by atoms with Gasteiger partial charge in [-0.3, -0.25) is 4.79 Å². The highest BCUT2D eigenvalue weighted by Gasteiger charge is 2.19. The van der Waals surface area contributed by atoms with E-state index in [0.29, 0.717) is 4.90 Å². The van der Waals surface area contributed by atoms with Crippen molar-refractivity contribution >= 4 is 23.6 Å². The lowest BCUT2D eigenvalue weighted by Gasteiger charge is -2.13. The molecule has 0 bridgehead atoms. The number of nitrogens with zero attached hydrogens (tertiary/aromatic N) is 1. The van der Waals surface area contributed by atoms with Crippen LogP contribution in [0, 0.1) is 17.1 Å². The van der Waals surface area contributed by atoms with E-state index < -0.39 is 23.7 Å². The third kappa shape index (κ3) is 4.26. The summed E-state index contributed by atoms with van der Waals surface area (Å²) in [6.45, 7) is 1.21. The van der Waals surface area contributed by atoms with Crippen molar-refractivity contribution in [3.8, 4) is 6.07 Å². The van der Waals surface area contributed by atoms with Crippen molar-refractivity contribution in [2.24, 2.45) is 0 Å². The van der Waals surface area contributed by atoms with Crippen LogP contribution in [0.15, 0.2) is 23.1 Å². The fourth-order valence-corrected chi connectivity index (χ4v) is 2.36. The highest BCUT2D eigenvalue weighted by molar-refractivity contribution is 7.99. The zero-order valence-electron chi connectivity index (χ0n) is 10.0. The van der Waals surface area contributed by atoms with Crippen LogP contribution in [0.2, 0.25) is 0 Å². The number of nitriles is 1. The molecule has 1 unspecified atom stereocenters. The minimum absolute atomic E-state index is 0.00699. The van der Waals surface area contributed by atoms with Gasteiger partial charge in [-0.05, 0) is 12.1 Å². The first-order valence-corrected chi connectivity index (χ1v) is 6.25. The molecule has 1 amide bonds. The van der Waals surface area contributed by atoms with Crippen molar-refractivity contribution in [3.63, 3.8) is 0 Å². The van der Waals surface area contributed by atoms with Crippen LogP contribution in [0.4, 0.5) is 4.39 Å². The largest absolute Gasteiger partial charge is 0.480 e. The van der Waals surface area contributed by atoms with Gasteiger partial charge in [0, 0.05) is 17.6 Å². The van der Waals surface area contributed by atoms with Gasteiger partial charge in [0.1, 0.15) is 23.5 Å². The predicted molar refractivity (Wildman–Crippen MR) is 67.1 cm³/mol. The summed E-state index contributed by atoms with van der Waals surface area (Å²) >= 11 is 1.01. The van der Waals surface area contributed by atoms with Crippen molar-refractivity contribution in [2.75, 3.05) is 5.75 Å². The molecule has 1 rings (SSSR count). The smallest absolute Gasteiger partial charge is 0.327 e. The van der Waals surface area contributed by atoms with Gasteiger partial charge in [0.25, 0.3) is 0 Å². The monoisotopic (exact) mass is 282 g/mol. The highest BCUT2D eigenvalue weighted by Crippen LogP contribution is 2.24. The Kier molecular flexibility index (Phi) is 5.33. The zero-order chi connectivity index (χ0) is 14.4. The number of nitrogens with one attached hydrogen (secondary N) is 1. The molecule has 100 valence electrons. The fraction of sp³-hybridized carbons (Fsp3) is 0.250. The Morgan fingerprint density at radius 1 is 1.58 bits per heavy atom. The van der Waals surface area contributed by atoms with E-state index >= 15 is 0 Å².